The molecule has 0 aromatic carbocycles. The van der Waals surface area contributed by atoms with Gasteiger partial charge in [0.05, 0.1) is 17.8 Å². The second kappa shape index (κ2) is 6.09. The van der Waals surface area contributed by atoms with Crippen molar-refractivity contribution >= 4 is 11.8 Å². The molecule has 0 aromatic rings. The predicted octanol–water partition coefficient (Wildman–Crippen LogP) is 1.26. The molecule has 0 aliphatic carbocycles. The minimum absolute atomic E-state index is 0.338. The minimum Gasteiger partial charge on any atom is -0.388 e. The van der Waals surface area contributed by atoms with Gasteiger partial charge in [-0.2, -0.15) is 11.8 Å². The summed E-state index contributed by atoms with van der Waals surface area (Å²) < 4.78 is 5.69. The second-order valence-corrected chi connectivity index (χ2v) is 5.57. The molecule has 1 rings (SSSR count). The lowest BCUT2D eigenvalue weighted by Crippen LogP contribution is -2.42. The van der Waals surface area contributed by atoms with Gasteiger partial charge in [0.25, 0.3) is 0 Å². The fraction of sp³-hybridized carbons (Fsp3) is 1.00. The summed E-state index contributed by atoms with van der Waals surface area (Å²) in [6.45, 7) is 5.48. The SMILES string of the molecule is CSCC(C)(O)CNCC1CCC(C)O1. The topological polar surface area (TPSA) is 41.5 Å². The second-order valence-electron chi connectivity index (χ2n) is 4.71. The van der Waals surface area contributed by atoms with Crippen molar-refractivity contribution in [3.05, 3.63) is 0 Å². The highest BCUT2D eigenvalue weighted by molar-refractivity contribution is 7.98. The molecular weight excluding hydrogens is 210 g/mol. The van der Waals surface area contributed by atoms with Crippen LogP contribution in [0.3, 0.4) is 0 Å². The molecule has 1 saturated heterocycles. The van der Waals surface area contributed by atoms with E-state index in [1.165, 1.54) is 0 Å². The lowest BCUT2D eigenvalue weighted by atomic mass is 10.1. The molecule has 2 N–H and O–H groups in total. The van der Waals surface area contributed by atoms with E-state index in [4.69, 9.17) is 4.74 Å². The highest BCUT2D eigenvalue weighted by Gasteiger charge is 2.23. The first-order valence-corrected chi connectivity index (χ1v) is 7.00. The molecule has 15 heavy (non-hydrogen) atoms. The Balaban J connectivity index is 2.10. The molecule has 90 valence electrons. The first kappa shape index (κ1) is 13.3. The summed E-state index contributed by atoms with van der Waals surface area (Å²) in [4.78, 5) is 0. The molecule has 4 heteroatoms. The number of nitrogens with one attached hydrogen (secondary N) is 1. The lowest BCUT2D eigenvalue weighted by Gasteiger charge is -2.23. The van der Waals surface area contributed by atoms with Gasteiger partial charge in [0.2, 0.25) is 0 Å². The summed E-state index contributed by atoms with van der Waals surface area (Å²) in [6, 6.07) is 0. The van der Waals surface area contributed by atoms with E-state index in [-0.39, 0.29) is 0 Å². The van der Waals surface area contributed by atoms with Crippen LogP contribution in [-0.2, 0) is 4.74 Å². The van der Waals surface area contributed by atoms with Crippen molar-refractivity contribution in [2.45, 2.75) is 44.5 Å². The standard InChI is InChI=1S/C11H23NO2S/c1-9-4-5-10(14-9)6-12-7-11(2,13)8-15-3/h9-10,12-13H,4-8H2,1-3H3. The summed E-state index contributed by atoms with van der Waals surface area (Å²) in [5.74, 6) is 0.766. The van der Waals surface area contributed by atoms with Crippen LogP contribution >= 0.6 is 11.8 Å². The average molecular weight is 233 g/mol. The van der Waals surface area contributed by atoms with Crippen molar-refractivity contribution < 1.29 is 9.84 Å². The molecule has 0 bridgehead atoms. The van der Waals surface area contributed by atoms with Crippen LogP contribution in [0.2, 0.25) is 0 Å². The van der Waals surface area contributed by atoms with Gasteiger partial charge in [-0.15, -0.1) is 0 Å². The fourth-order valence-electron chi connectivity index (χ4n) is 1.90. The zero-order valence-corrected chi connectivity index (χ0v) is 10.8. The number of ether oxygens (including phenoxy) is 1. The number of thioether (sulfide) groups is 1. The Morgan fingerprint density at radius 2 is 2.27 bits per heavy atom. The molecule has 1 aliphatic rings. The third-order valence-electron chi connectivity index (χ3n) is 2.65. The van der Waals surface area contributed by atoms with E-state index in [9.17, 15) is 5.11 Å². The molecule has 3 nitrogen and oxygen atoms in total. The van der Waals surface area contributed by atoms with E-state index < -0.39 is 5.60 Å². The van der Waals surface area contributed by atoms with Gasteiger partial charge < -0.3 is 15.2 Å². The Labute approximate surface area is 97.0 Å². The van der Waals surface area contributed by atoms with Crippen molar-refractivity contribution in [3.8, 4) is 0 Å². The molecule has 0 aromatic heterocycles. The summed E-state index contributed by atoms with van der Waals surface area (Å²) in [5, 5.41) is 13.2. The molecule has 1 aliphatic heterocycles. The van der Waals surface area contributed by atoms with Crippen LogP contribution in [0.25, 0.3) is 0 Å². The molecule has 0 saturated carbocycles. The maximum absolute atomic E-state index is 9.92. The number of hydrogen-bond acceptors (Lipinski definition) is 4. The smallest absolute Gasteiger partial charge is 0.0833 e. The van der Waals surface area contributed by atoms with Crippen LogP contribution in [0.1, 0.15) is 26.7 Å². The number of rotatable bonds is 6. The zero-order valence-electron chi connectivity index (χ0n) is 9.95. The summed E-state index contributed by atoms with van der Waals surface area (Å²) in [7, 11) is 0. The van der Waals surface area contributed by atoms with Crippen molar-refractivity contribution in [1.82, 2.24) is 5.32 Å². The summed E-state index contributed by atoms with van der Waals surface area (Å²) >= 11 is 1.67. The molecule has 0 amide bonds. The minimum atomic E-state index is -0.608. The quantitative estimate of drug-likeness (QED) is 0.725. The van der Waals surface area contributed by atoms with Gasteiger partial charge in [-0.3, -0.25) is 0 Å². The van der Waals surface area contributed by atoms with Crippen molar-refractivity contribution in [3.63, 3.8) is 0 Å². The monoisotopic (exact) mass is 233 g/mol. The van der Waals surface area contributed by atoms with E-state index in [2.05, 4.69) is 12.2 Å². The maximum Gasteiger partial charge on any atom is 0.0833 e. The molecule has 1 heterocycles. The average Bonchev–Trinajstić information content (AvgIpc) is 2.51. The summed E-state index contributed by atoms with van der Waals surface area (Å²) in [6.07, 6.45) is 5.05. The number of hydrogen-bond donors (Lipinski definition) is 2. The Bertz CT molecular complexity index is 187. The van der Waals surface area contributed by atoms with E-state index in [1.54, 1.807) is 11.8 Å². The van der Waals surface area contributed by atoms with Crippen LogP contribution in [-0.4, -0.2) is 48.0 Å². The Hall–Kier alpha value is 0.230. The van der Waals surface area contributed by atoms with Gasteiger partial charge >= 0.3 is 0 Å². The van der Waals surface area contributed by atoms with E-state index in [0.29, 0.717) is 18.8 Å². The Kier molecular flexibility index (Phi) is 5.39. The zero-order chi connectivity index (χ0) is 11.3. The summed E-state index contributed by atoms with van der Waals surface area (Å²) in [5.41, 5.74) is -0.608. The van der Waals surface area contributed by atoms with Crippen LogP contribution in [0.15, 0.2) is 0 Å². The van der Waals surface area contributed by atoms with E-state index in [1.807, 2.05) is 13.2 Å². The van der Waals surface area contributed by atoms with Gasteiger partial charge in [-0.05, 0) is 32.9 Å². The normalized spacial score (nSPS) is 30.4. The molecule has 3 unspecified atom stereocenters. The molecule has 0 radical (unpaired) electrons. The van der Waals surface area contributed by atoms with Crippen LogP contribution in [0.5, 0.6) is 0 Å². The van der Waals surface area contributed by atoms with Crippen molar-refractivity contribution in [2.24, 2.45) is 0 Å². The van der Waals surface area contributed by atoms with Crippen LogP contribution in [0.4, 0.5) is 0 Å². The molecular formula is C11H23NO2S. The molecule has 1 fully saturated rings. The van der Waals surface area contributed by atoms with E-state index in [0.717, 1.165) is 25.1 Å². The van der Waals surface area contributed by atoms with Crippen molar-refractivity contribution in [1.29, 1.82) is 0 Å². The first-order valence-electron chi connectivity index (χ1n) is 5.61. The third-order valence-corrected chi connectivity index (χ3v) is 3.56. The highest BCUT2D eigenvalue weighted by Crippen LogP contribution is 2.18. The van der Waals surface area contributed by atoms with Crippen LogP contribution in [0, 0.1) is 0 Å². The highest BCUT2D eigenvalue weighted by atomic mass is 32.2. The Morgan fingerprint density at radius 1 is 1.53 bits per heavy atom. The predicted molar refractivity (Wildman–Crippen MR) is 65.4 cm³/mol. The van der Waals surface area contributed by atoms with E-state index >= 15 is 0 Å². The van der Waals surface area contributed by atoms with Gasteiger partial charge in [0, 0.05) is 18.8 Å². The van der Waals surface area contributed by atoms with Gasteiger partial charge in [0.1, 0.15) is 0 Å². The largest absolute Gasteiger partial charge is 0.388 e. The maximum atomic E-state index is 9.92. The molecule has 0 spiro atoms. The lowest BCUT2D eigenvalue weighted by molar-refractivity contribution is 0.0461. The number of aliphatic hydroxyl groups is 1. The third kappa shape index (κ3) is 5.20. The Morgan fingerprint density at radius 3 is 2.80 bits per heavy atom. The fourth-order valence-corrected chi connectivity index (χ4v) is 2.62. The van der Waals surface area contributed by atoms with Gasteiger partial charge in [0.15, 0.2) is 0 Å². The van der Waals surface area contributed by atoms with Gasteiger partial charge in [-0.1, -0.05) is 0 Å². The first-order chi connectivity index (χ1) is 7.03. The van der Waals surface area contributed by atoms with Gasteiger partial charge in [-0.25, -0.2) is 0 Å². The van der Waals surface area contributed by atoms with Crippen LogP contribution < -0.4 is 5.32 Å². The van der Waals surface area contributed by atoms with Crippen molar-refractivity contribution in [2.75, 3.05) is 25.1 Å². The molecule has 3 atom stereocenters.